The van der Waals surface area contributed by atoms with Crippen LogP contribution in [0.15, 0.2) is 42.5 Å². The van der Waals surface area contributed by atoms with Gasteiger partial charge >= 0.3 is 0 Å². The molecule has 0 saturated carbocycles. The summed E-state index contributed by atoms with van der Waals surface area (Å²) >= 11 is 0. The van der Waals surface area contributed by atoms with E-state index < -0.39 is 0 Å². The number of nitrogens with one attached hydrogen (secondary N) is 1. The molecule has 1 heterocycles. The monoisotopic (exact) mass is 274 g/mol. The Kier molecular flexibility index (Phi) is 5.35. The lowest BCUT2D eigenvalue weighted by Gasteiger charge is -2.42. The van der Waals surface area contributed by atoms with E-state index in [1.165, 1.54) is 5.56 Å². The predicted octanol–water partition coefficient (Wildman–Crippen LogP) is 2.40. The summed E-state index contributed by atoms with van der Waals surface area (Å²) in [4.78, 5) is 2.47. The molecule has 0 bridgehead atoms. The van der Waals surface area contributed by atoms with Crippen LogP contribution >= 0.6 is 0 Å². The van der Waals surface area contributed by atoms with Crippen LogP contribution in [0.25, 0.3) is 0 Å². The maximum Gasteiger partial charge on any atom is 0.0672 e. The second-order valence-electron chi connectivity index (χ2n) is 5.91. The number of nitrogens with zero attached hydrogens (tertiary/aromatic N) is 1. The highest BCUT2D eigenvalue weighted by atomic mass is 16.5. The summed E-state index contributed by atoms with van der Waals surface area (Å²) < 4.78 is 5.61. The quantitative estimate of drug-likeness (QED) is 0.637. The molecule has 1 aliphatic rings. The van der Waals surface area contributed by atoms with Gasteiger partial charge in [-0.05, 0) is 19.4 Å². The Balaban J connectivity index is 1.87. The molecule has 0 spiro atoms. The van der Waals surface area contributed by atoms with Crippen molar-refractivity contribution in [3.05, 3.63) is 48.0 Å². The van der Waals surface area contributed by atoms with Crippen LogP contribution in [0.1, 0.15) is 19.4 Å². The van der Waals surface area contributed by atoms with E-state index in [0.717, 1.165) is 38.4 Å². The van der Waals surface area contributed by atoms with Crippen molar-refractivity contribution < 1.29 is 4.74 Å². The second-order valence-corrected chi connectivity index (χ2v) is 5.91. The van der Waals surface area contributed by atoms with E-state index in [9.17, 15) is 0 Å². The lowest BCUT2D eigenvalue weighted by atomic mass is 9.90. The summed E-state index contributed by atoms with van der Waals surface area (Å²) in [6.07, 6.45) is 0. The summed E-state index contributed by atoms with van der Waals surface area (Å²) in [6, 6.07) is 10.7. The molecule has 0 amide bonds. The highest BCUT2D eigenvalue weighted by Gasteiger charge is 2.31. The Morgan fingerprint density at radius 1 is 1.40 bits per heavy atom. The molecular formula is C17H26N2O. The maximum absolute atomic E-state index is 5.61. The lowest BCUT2D eigenvalue weighted by molar-refractivity contribution is 0.0852. The Morgan fingerprint density at radius 2 is 2.15 bits per heavy atom. The van der Waals surface area contributed by atoms with E-state index in [4.69, 9.17) is 4.74 Å². The predicted molar refractivity (Wildman–Crippen MR) is 83.9 cm³/mol. The average molecular weight is 274 g/mol. The Morgan fingerprint density at radius 3 is 2.85 bits per heavy atom. The first-order chi connectivity index (χ1) is 9.60. The van der Waals surface area contributed by atoms with E-state index in [0.29, 0.717) is 6.61 Å². The number of hydrogen-bond donors (Lipinski definition) is 1. The van der Waals surface area contributed by atoms with Gasteiger partial charge in [0, 0.05) is 26.2 Å². The zero-order valence-electron chi connectivity index (χ0n) is 12.7. The molecular weight excluding hydrogens is 248 g/mol. The van der Waals surface area contributed by atoms with E-state index in [1.54, 1.807) is 0 Å². The SMILES string of the molecule is C=C(C)COCCN1CCNC(C)(c2ccccc2)C1. The molecule has 1 saturated heterocycles. The van der Waals surface area contributed by atoms with Gasteiger partial charge in [0.05, 0.1) is 18.8 Å². The molecule has 2 rings (SSSR count). The minimum Gasteiger partial charge on any atom is -0.376 e. The third-order valence-corrected chi connectivity index (χ3v) is 3.79. The standard InChI is InChI=1S/C17H26N2O/c1-15(2)13-20-12-11-19-10-9-18-17(3,14-19)16-7-5-4-6-8-16/h4-8,18H,1,9-14H2,2-3H3. The van der Waals surface area contributed by atoms with Crippen molar-refractivity contribution in [3.63, 3.8) is 0 Å². The Hall–Kier alpha value is -1.16. The van der Waals surface area contributed by atoms with Gasteiger partial charge in [0.1, 0.15) is 0 Å². The van der Waals surface area contributed by atoms with Crippen LogP contribution in [0.5, 0.6) is 0 Å². The molecule has 1 N–H and O–H groups in total. The average Bonchev–Trinajstić information content (AvgIpc) is 2.45. The summed E-state index contributed by atoms with van der Waals surface area (Å²) in [5.74, 6) is 0. The van der Waals surface area contributed by atoms with E-state index in [1.807, 2.05) is 6.92 Å². The van der Waals surface area contributed by atoms with Crippen molar-refractivity contribution in [2.45, 2.75) is 19.4 Å². The summed E-state index contributed by atoms with van der Waals surface area (Å²) in [5, 5.41) is 3.65. The zero-order valence-corrected chi connectivity index (χ0v) is 12.7. The van der Waals surface area contributed by atoms with Crippen LogP contribution in [-0.4, -0.2) is 44.3 Å². The highest BCUT2D eigenvalue weighted by molar-refractivity contribution is 5.24. The van der Waals surface area contributed by atoms with Crippen molar-refractivity contribution in [1.29, 1.82) is 0 Å². The lowest BCUT2D eigenvalue weighted by Crippen LogP contribution is -2.57. The van der Waals surface area contributed by atoms with Gasteiger partial charge in [0.2, 0.25) is 0 Å². The van der Waals surface area contributed by atoms with Gasteiger partial charge in [0.25, 0.3) is 0 Å². The molecule has 20 heavy (non-hydrogen) atoms. The molecule has 0 aliphatic carbocycles. The molecule has 110 valence electrons. The highest BCUT2D eigenvalue weighted by Crippen LogP contribution is 2.23. The van der Waals surface area contributed by atoms with Gasteiger partial charge in [-0.25, -0.2) is 0 Å². The number of hydrogen-bond acceptors (Lipinski definition) is 3. The van der Waals surface area contributed by atoms with E-state index in [2.05, 4.69) is 54.1 Å². The van der Waals surface area contributed by atoms with Crippen LogP contribution in [0.2, 0.25) is 0 Å². The fraction of sp³-hybridized carbons (Fsp3) is 0.529. The fourth-order valence-corrected chi connectivity index (χ4v) is 2.70. The van der Waals surface area contributed by atoms with Gasteiger partial charge < -0.3 is 10.1 Å². The number of piperazine rings is 1. The van der Waals surface area contributed by atoms with Crippen molar-refractivity contribution in [2.75, 3.05) is 39.4 Å². The minimum absolute atomic E-state index is 0.0356. The van der Waals surface area contributed by atoms with Gasteiger partial charge in [-0.2, -0.15) is 0 Å². The number of ether oxygens (including phenoxy) is 1. The van der Waals surface area contributed by atoms with E-state index in [-0.39, 0.29) is 5.54 Å². The van der Waals surface area contributed by atoms with Crippen molar-refractivity contribution in [3.8, 4) is 0 Å². The van der Waals surface area contributed by atoms with Crippen LogP contribution < -0.4 is 5.32 Å². The van der Waals surface area contributed by atoms with Crippen LogP contribution in [0, 0.1) is 0 Å². The summed E-state index contributed by atoms with van der Waals surface area (Å²) in [5.41, 5.74) is 2.47. The van der Waals surface area contributed by atoms with Gasteiger partial charge in [0.15, 0.2) is 0 Å². The fourth-order valence-electron chi connectivity index (χ4n) is 2.70. The zero-order chi connectivity index (χ0) is 14.4. The molecule has 3 heteroatoms. The van der Waals surface area contributed by atoms with Crippen molar-refractivity contribution in [2.24, 2.45) is 0 Å². The van der Waals surface area contributed by atoms with E-state index >= 15 is 0 Å². The normalized spacial score (nSPS) is 23.7. The number of benzene rings is 1. The summed E-state index contributed by atoms with van der Waals surface area (Å²) in [6.45, 7) is 13.7. The molecule has 0 aromatic heterocycles. The number of rotatable bonds is 6. The second kappa shape index (κ2) is 7.02. The molecule has 0 radical (unpaired) electrons. The van der Waals surface area contributed by atoms with Crippen molar-refractivity contribution in [1.82, 2.24) is 10.2 Å². The van der Waals surface area contributed by atoms with Crippen LogP contribution in [0.4, 0.5) is 0 Å². The Bertz CT molecular complexity index is 432. The smallest absolute Gasteiger partial charge is 0.0672 e. The topological polar surface area (TPSA) is 24.5 Å². The molecule has 1 aromatic rings. The first kappa shape index (κ1) is 15.2. The first-order valence-corrected chi connectivity index (χ1v) is 7.35. The van der Waals surface area contributed by atoms with Crippen LogP contribution in [-0.2, 0) is 10.3 Å². The Labute approximate surface area is 122 Å². The first-order valence-electron chi connectivity index (χ1n) is 7.35. The molecule has 1 aliphatic heterocycles. The van der Waals surface area contributed by atoms with Gasteiger partial charge in [-0.1, -0.05) is 42.5 Å². The maximum atomic E-state index is 5.61. The summed E-state index contributed by atoms with van der Waals surface area (Å²) in [7, 11) is 0. The van der Waals surface area contributed by atoms with Crippen molar-refractivity contribution >= 4 is 0 Å². The molecule has 1 atom stereocenters. The van der Waals surface area contributed by atoms with Gasteiger partial charge in [-0.3, -0.25) is 4.90 Å². The van der Waals surface area contributed by atoms with Gasteiger partial charge in [-0.15, -0.1) is 0 Å². The molecule has 3 nitrogen and oxygen atoms in total. The third kappa shape index (κ3) is 4.17. The third-order valence-electron chi connectivity index (χ3n) is 3.79. The molecule has 1 unspecified atom stereocenters. The largest absolute Gasteiger partial charge is 0.376 e. The molecule has 1 fully saturated rings. The van der Waals surface area contributed by atoms with Crippen LogP contribution in [0.3, 0.4) is 0 Å². The minimum atomic E-state index is 0.0356. The molecule has 1 aromatic carbocycles.